The summed E-state index contributed by atoms with van der Waals surface area (Å²) < 4.78 is 2.23. The van der Waals surface area contributed by atoms with Crippen LogP contribution in [-0.4, -0.2) is 8.07 Å². The molecule has 2 heteroatoms. The first-order valence-electron chi connectivity index (χ1n) is 5.42. The second-order valence-electron chi connectivity index (χ2n) is 5.22. The Kier molecular flexibility index (Phi) is 3.87. The SMILES string of the molecule is C[n+]1ccccc1CCC[Si](C)(C)C. The van der Waals surface area contributed by atoms with Crippen LogP contribution in [0.5, 0.6) is 0 Å². The third-order valence-corrected chi connectivity index (χ3v) is 4.38. The minimum absolute atomic E-state index is 0.838. The van der Waals surface area contributed by atoms with E-state index in [1.165, 1.54) is 24.6 Å². The molecule has 0 fully saturated rings. The topological polar surface area (TPSA) is 3.88 Å². The zero-order chi connectivity index (χ0) is 10.6. The van der Waals surface area contributed by atoms with Gasteiger partial charge in [0.25, 0.3) is 0 Å². The van der Waals surface area contributed by atoms with E-state index in [1.807, 2.05) is 0 Å². The first-order valence-corrected chi connectivity index (χ1v) is 9.13. The van der Waals surface area contributed by atoms with E-state index in [4.69, 9.17) is 0 Å². The molecular formula is C12H22NSi+. The van der Waals surface area contributed by atoms with E-state index in [0.29, 0.717) is 0 Å². The summed E-state index contributed by atoms with van der Waals surface area (Å²) in [6.07, 6.45) is 4.69. The smallest absolute Gasteiger partial charge is 0.181 e. The lowest BCUT2D eigenvalue weighted by Gasteiger charge is -2.14. The van der Waals surface area contributed by atoms with Crippen molar-refractivity contribution >= 4 is 8.07 Å². The van der Waals surface area contributed by atoms with Crippen LogP contribution >= 0.6 is 0 Å². The van der Waals surface area contributed by atoms with Crippen LogP contribution in [0, 0.1) is 0 Å². The van der Waals surface area contributed by atoms with Gasteiger partial charge in [-0.3, -0.25) is 0 Å². The fourth-order valence-corrected chi connectivity index (χ4v) is 2.86. The molecule has 0 saturated heterocycles. The molecule has 78 valence electrons. The van der Waals surface area contributed by atoms with Crippen LogP contribution < -0.4 is 4.57 Å². The number of pyridine rings is 1. The van der Waals surface area contributed by atoms with Crippen LogP contribution in [0.25, 0.3) is 0 Å². The second-order valence-corrected chi connectivity index (χ2v) is 10.8. The molecule has 0 saturated carbocycles. The molecule has 1 aromatic rings. The summed E-state index contributed by atoms with van der Waals surface area (Å²) in [5.41, 5.74) is 1.45. The van der Waals surface area contributed by atoms with Crippen LogP contribution in [0.2, 0.25) is 25.7 Å². The maximum absolute atomic E-state index is 2.44. The predicted octanol–water partition coefficient (Wildman–Crippen LogP) is 2.78. The summed E-state index contributed by atoms with van der Waals surface area (Å²) >= 11 is 0. The quantitative estimate of drug-likeness (QED) is 0.529. The maximum atomic E-state index is 2.44. The van der Waals surface area contributed by atoms with Gasteiger partial charge in [0.15, 0.2) is 11.9 Å². The number of aromatic nitrogens is 1. The van der Waals surface area contributed by atoms with Crippen molar-refractivity contribution in [3.8, 4) is 0 Å². The monoisotopic (exact) mass is 208 g/mol. The van der Waals surface area contributed by atoms with E-state index < -0.39 is 8.07 Å². The van der Waals surface area contributed by atoms with Gasteiger partial charge in [0.2, 0.25) is 0 Å². The lowest BCUT2D eigenvalue weighted by Crippen LogP contribution is -2.32. The minimum atomic E-state index is -0.838. The van der Waals surface area contributed by atoms with Gasteiger partial charge in [-0.15, -0.1) is 0 Å². The molecule has 0 spiro atoms. The van der Waals surface area contributed by atoms with Crippen molar-refractivity contribution in [2.45, 2.75) is 38.5 Å². The van der Waals surface area contributed by atoms with Crippen molar-refractivity contribution < 1.29 is 4.57 Å². The van der Waals surface area contributed by atoms with Gasteiger partial charge < -0.3 is 0 Å². The van der Waals surface area contributed by atoms with Gasteiger partial charge in [0, 0.05) is 26.6 Å². The Hall–Kier alpha value is -0.633. The number of hydrogen-bond acceptors (Lipinski definition) is 0. The fraction of sp³-hybridized carbons (Fsp3) is 0.583. The Bertz CT molecular complexity index is 289. The van der Waals surface area contributed by atoms with Gasteiger partial charge in [-0.2, -0.15) is 0 Å². The molecule has 1 nitrogen and oxygen atoms in total. The van der Waals surface area contributed by atoms with E-state index in [-0.39, 0.29) is 0 Å². The molecule has 0 aliphatic rings. The number of hydrogen-bond donors (Lipinski definition) is 0. The number of aryl methyl sites for hydroxylation is 2. The molecule has 0 radical (unpaired) electrons. The third kappa shape index (κ3) is 4.05. The van der Waals surface area contributed by atoms with Crippen molar-refractivity contribution in [2.75, 3.05) is 0 Å². The largest absolute Gasteiger partial charge is 0.205 e. The van der Waals surface area contributed by atoms with Crippen molar-refractivity contribution in [3.05, 3.63) is 30.1 Å². The zero-order valence-electron chi connectivity index (χ0n) is 9.88. The minimum Gasteiger partial charge on any atom is -0.205 e. The Morgan fingerprint density at radius 1 is 1.21 bits per heavy atom. The van der Waals surface area contributed by atoms with Crippen LogP contribution in [0.15, 0.2) is 24.4 Å². The predicted molar refractivity (Wildman–Crippen MR) is 64.1 cm³/mol. The molecule has 0 bridgehead atoms. The Morgan fingerprint density at radius 3 is 2.50 bits per heavy atom. The number of nitrogens with zero attached hydrogens (tertiary/aromatic N) is 1. The molecule has 0 amide bonds. The highest BCUT2D eigenvalue weighted by Gasteiger charge is 2.13. The molecule has 0 atom stereocenters. The van der Waals surface area contributed by atoms with Crippen LogP contribution in [0.1, 0.15) is 12.1 Å². The van der Waals surface area contributed by atoms with Gasteiger partial charge in [-0.1, -0.05) is 31.8 Å². The first kappa shape index (κ1) is 11.4. The van der Waals surface area contributed by atoms with Crippen LogP contribution in [-0.2, 0) is 13.5 Å². The highest BCUT2D eigenvalue weighted by Crippen LogP contribution is 2.12. The molecule has 0 N–H and O–H groups in total. The highest BCUT2D eigenvalue weighted by molar-refractivity contribution is 6.76. The van der Waals surface area contributed by atoms with Gasteiger partial charge in [-0.25, -0.2) is 4.57 Å². The zero-order valence-corrected chi connectivity index (χ0v) is 10.9. The van der Waals surface area contributed by atoms with Crippen molar-refractivity contribution in [3.63, 3.8) is 0 Å². The molecule has 1 heterocycles. The summed E-state index contributed by atoms with van der Waals surface area (Å²) in [5, 5.41) is 0. The Labute approximate surface area is 88.8 Å². The lowest BCUT2D eigenvalue weighted by atomic mass is 10.2. The van der Waals surface area contributed by atoms with Crippen LogP contribution in [0.3, 0.4) is 0 Å². The Balaban J connectivity index is 2.43. The summed E-state index contributed by atoms with van der Waals surface area (Å²) in [4.78, 5) is 0. The molecule has 0 aliphatic heterocycles. The molecule has 0 aliphatic carbocycles. The summed E-state index contributed by atoms with van der Waals surface area (Å²) in [7, 11) is 1.29. The van der Waals surface area contributed by atoms with E-state index >= 15 is 0 Å². The fourth-order valence-electron chi connectivity index (χ4n) is 1.62. The van der Waals surface area contributed by atoms with Crippen molar-refractivity contribution in [2.24, 2.45) is 7.05 Å². The highest BCUT2D eigenvalue weighted by atomic mass is 28.3. The molecule has 0 aromatic carbocycles. The van der Waals surface area contributed by atoms with Gasteiger partial charge in [-0.05, 0) is 6.42 Å². The summed E-state index contributed by atoms with van der Waals surface area (Å²) in [6.45, 7) is 7.33. The standard InChI is InChI=1S/C12H22NSi/c1-13-10-6-5-8-12(13)9-7-11-14(2,3)4/h5-6,8,10H,7,9,11H2,1-4H3/q+1. The van der Waals surface area contributed by atoms with Crippen molar-refractivity contribution in [1.29, 1.82) is 0 Å². The molecule has 14 heavy (non-hydrogen) atoms. The summed E-state index contributed by atoms with van der Waals surface area (Å²) in [6, 6.07) is 7.87. The second kappa shape index (κ2) is 4.74. The Morgan fingerprint density at radius 2 is 1.93 bits per heavy atom. The molecule has 1 rings (SSSR count). The van der Waals surface area contributed by atoms with Crippen LogP contribution in [0.4, 0.5) is 0 Å². The average molecular weight is 208 g/mol. The third-order valence-electron chi connectivity index (χ3n) is 2.52. The maximum Gasteiger partial charge on any atom is 0.181 e. The van der Waals surface area contributed by atoms with Gasteiger partial charge in [0.1, 0.15) is 7.05 Å². The van der Waals surface area contributed by atoms with Gasteiger partial charge in [0.05, 0.1) is 0 Å². The lowest BCUT2D eigenvalue weighted by molar-refractivity contribution is -0.679. The van der Waals surface area contributed by atoms with E-state index in [1.54, 1.807) is 0 Å². The number of rotatable bonds is 4. The molecule has 0 unspecified atom stereocenters. The average Bonchev–Trinajstić information content (AvgIpc) is 2.06. The van der Waals surface area contributed by atoms with Gasteiger partial charge >= 0.3 is 0 Å². The first-order chi connectivity index (χ1) is 6.49. The van der Waals surface area contributed by atoms with E-state index in [2.05, 4.69) is 55.7 Å². The molecule has 1 aromatic heterocycles. The van der Waals surface area contributed by atoms with E-state index in [0.717, 1.165) is 0 Å². The van der Waals surface area contributed by atoms with Crippen molar-refractivity contribution in [1.82, 2.24) is 0 Å². The van der Waals surface area contributed by atoms with E-state index in [9.17, 15) is 0 Å². The normalized spacial score (nSPS) is 11.7. The summed E-state index contributed by atoms with van der Waals surface area (Å²) in [5.74, 6) is 0. The molecular weight excluding hydrogens is 186 g/mol.